The zero-order valence-corrected chi connectivity index (χ0v) is 15.4. The Morgan fingerprint density at radius 1 is 1.19 bits per heavy atom. The fourth-order valence-electron chi connectivity index (χ4n) is 2.36. The quantitative estimate of drug-likeness (QED) is 0.695. The van der Waals surface area contributed by atoms with E-state index in [1.165, 1.54) is 36.0 Å². The number of benzene rings is 2. The summed E-state index contributed by atoms with van der Waals surface area (Å²) in [5.41, 5.74) is 3.63. The maximum atomic E-state index is 13.0. The minimum absolute atomic E-state index is 0.211. The van der Waals surface area contributed by atoms with Crippen LogP contribution < -0.4 is 5.32 Å². The summed E-state index contributed by atoms with van der Waals surface area (Å²) in [7, 11) is 0. The minimum Gasteiger partial charge on any atom is -0.325 e. The standard InChI is InChI=1S/C18H18FN5OS/c1-11-5-4-6-16(12(11)2)24-18(21-22-23-24)26-13(3)17(25)20-15-9-7-14(19)8-10-15/h4-10,13H,1-3H3,(H,20,25). The molecule has 8 heteroatoms. The van der Waals surface area contributed by atoms with E-state index >= 15 is 0 Å². The van der Waals surface area contributed by atoms with E-state index in [0.717, 1.165) is 16.8 Å². The maximum Gasteiger partial charge on any atom is 0.237 e. The lowest BCUT2D eigenvalue weighted by molar-refractivity contribution is -0.115. The number of hydrogen-bond donors (Lipinski definition) is 1. The number of aryl methyl sites for hydroxylation is 1. The van der Waals surface area contributed by atoms with Crippen LogP contribution in [-0.4, -0.2) is 31.4 Å². The molecule has 1 amide bonds. The fraction of sp³-hybridized carbons (Fsp3) is 0.222. The van der Waals surface area contributed by atoms with Gasteiger partial charge in [-0.3, -0.25) is 4.79 Å². The zero-order chi connectivity index (χ0) is 18.7. The molecule has 0 aliphatic carbocycles. The van der Waals surface area contributed by atoms with Crippen molar-refractivity contribution < 1.29 is 9.18 Å². The molecule has 0 radical (unpaired) electrons. The predicted octanol–water partition coefficient (Wildman–Crippen LogP) is 3.54. The first-order valence-electron chi connectivity index (χ1n) is 8.04. The first-order valence-corrected chi connectivity index (χ1v) is 8.91. The molecular formula is C18H18FN5OS. The highest BCUT2D eigenvalue weighted by Gasteiger charge is 2.20. The van der Waals surface area contributed by atoms with Gasteiger partial charge in [-0.05, 0) is 72.7 Å². The number of thioether (sulfide) groups is 1. The van der Waals surface area contributed by atoms with Gasteiger partial charge >= 0.3 is 0 Å². The average Bonchev–Trinajstić information content (AvgIpc) is 3.07. The molecule has 134 valence electrons. The number of hydrogen-bond acceptors (Lipinski definition) is 5. The number of halogens is 1. The second-order valence-corrected chi connectivity index (χ2v) is 7.16. The van der Waals surface area contributed by atoms with Crippen LogP contribution >= 0.6 is 11.8 Å². The summed E-state index contributed by atoms with van der Waals surface area (Å²) < 4.78 is 14.6. The Balaban J connectivity index is 1.75. The van der Waals surface area contributed by atoms with Gasteiger partial charge in [0, 0.05) is 5.69 Å². The molecule has 6 nitrogen and oxygen atoms in total. The molecule has 1 aromatic heterocycles. The molecule has 1 unspecified atom stereocenters. The summed E-state index contributed by atoms with van der Waals surface area (Å²) in [5, 5.41) is 14.7. The van der Waals surface area contributed by atoms with Crippen molar-refractivity contribution in [3.63, 3.8) is 0 Å². The molecule has 3 aromatic rings. The summed E-state index contributed by atoms with van der Waals surface area (Å²) in [5.74, 6) is -0.560. The number of carbonyl (C=O) groups is 1. The molecule has 0 fully saturated rings. The number of carbonyl (C=O) groups excluding carboxylic acids is 1. The van der Waals surface area contributed by atoms with Crippen LogP contribution in [0.15, 0.2) is 47.6 Å². The third-order valence-corrected chi connectivity index (χ3v) is 5.04. The van der Waals surface area contributed by atoms with Crippen molar-refractivity contribution in [2.24, 2.45) is 0 Å². The topological polar surface area (TPSA) is 72.7 Å². The average molecular weight is 371 g/mol. The van der Waals surface area contributed by atoms with E-state index in [0.29, 0.717) is 10.8 Å². The number of tetrazole rings is 1. The molecule has 0 spiro atoms. The van der Waals surface area contributed by atoms with Crippen LogP contribution in [0.1, 0.15) is 18.1 Å². The first-order chi connectivity index (χ1) is 12.5. The van der Waals surface area contributed by atoms with Gasteiger partial charge in [0.1, 0.15) is 5.82 Å². The lowest BCUT2D eigenvalue weighted by Gasteiger charge is -2.13. The van der Waals surface area contributed by atoms with E-state index in [1.54, 1.807) is 11.6 Å². The Bertz CT molecular complexity index is 926. The van der Waals surface area contributed by atoms with Gasteiger partial charge in [-0.1, -0.05) is 23.9 Å². The van der Waals surface area contributed by atoms with E-state index < -0.39 is 5.25 Å². The maximum absolute atomic E-state index is 13.0. The lowest BCUT2D eigenvalue weighted by Crippen LogP contribution is -2.23. The molecule has 0 aliphatic rings. The van der Waals surface area contributed by atoms with Crippen molar-refractivity contribution in [3.8, 4) is 5.69 Å². The van der Waals surface area contributed by atoms with Gasteiger partial charge in [0.15, 0.2) is 0 Å². The summed E-state index contributed by atoms with van der Waals surface area (Å²) >= 11 is 1.26. The fourth-order valence-corrected chi connectivity index (χ4v) is 3.16. The van der Waals surface area contributed by atoms with Gasteiger partial charge in [-0.15, -0.1) is 5.10 Å². The zero-order valence-electron chi connectivity index (χ0n) is 14.6. The van der Waals surface area contributed by atoms with Crippen molar-refractivity contribution in [2.75, 3.05) is 5.32 Å². The molecule has 0 saturated heterocycles. The molecule has 3 rings (SSSR count). The molecule has 1 atom stereocenters. The van der Waals surface area contributed by atoms with Crippen LogP contribution in [0.2, 0.25) is 0 Å². The molecule has 0 aliphatic heterocycles. The van der Waals surface area contributed by atoms with E-state index in [9.17, 15) is 9.18 Å². The van der Waals surface area contributed by atoms with Gasteiger partial charge in [0.2, 0.25) is 11.1 Å². The van der Waals surface area contributed by atoms with Crippen LogP contribution in [0.25, 0.3) is 5.69 Å². The third kappa shape index (κ3) is 3.91. The molecule has 0 saturated carbocycles. The van der Waals surface area contributed by atoms with Gasteiger partial charge in [-0.2, -0.15) is 4.68 Å². The number of amides is 1. The van der Waals surface area contributed by atoms with Gasteiger partial charge in [-0.25, -0.2) is 4.39 Å². The number of nitrogens with zero attached hydrogens (tertiary/aromatic N) is 4. The summed E-state index contributed by atoms with van der Waals surface area (Å²) in [6.45, 7) is 5.80. The summed E-state index contributed by atoms with van der Waals surface area (Å²) in [6.07, 6.45) is 0. The monoisotopic (exact) mass is 371 g/mol. The Labute approximate surface area is 154 Å². The van der Waals surface area contributed by atoms with Gasteiger partial charge in [0.05, 0.1) is 10.9 Å². The molecule has 26 heavy (non-hydrogen) atoms. The highest BCUT2D eigenvalue weighted by molar-refractivity contribution is 8.00. The number of anilines is 1. The van der Waals surface area contributed by atoms with Crippen LogP contribution in [0.3, 0.4) is 0 Å². The smallest absolute Gasteiger partial charge is 0.237 e. The van der Waals surface area contributed by atoms with E-state index in [4.69, 9.17) is 0 Å². The largest absolute Gasteiger partial charge is 0.325 e. The van der Waals surface area contributed by atoms with Crippen LogP contribution in [0.5, 0.6) is 0 Å². The molecule has 1 N–H and O–H groups in total. The van der Waals surface area contributed by atoms with Crippen molar-refractivity contribution in [1.82, 2.24) is 20.2 Å². The highest BCUT2D eigenvalue weighted by atomic mass is 32.2. The minimum atomic E-state index is -0.435. The Hall–Kier alpha value is -2.74. The Kier molecular flexibility index (Phi) is 5.32. The van der Waals surface area contributed by atoms with Crippen molar-refractivity contribution in [1.29, 1.82) is 0 Å². The van der Waals surface area contributed by atoms with Gasteiger partial charge in [0.25, 0.3) is 0 Å². The summed E-state index contributed by atoms with van der Waals surface area (Å²) in [6, 6.07) is 11.5. The van der Waals surface area contributed by atoms with Crippen molar-refractivity contribution >= 4 is 23.4 Å². The Morgan fingerprint density at radius 2 is 1.92 bits per heavy atom. The second-order valence-electron chi connectivity index (χ2n) is 5.85. The Morgan fingerprint density at radius 3 is 2.65 bits per heavy atom. The molecule has 0 bridgehead atoms. The first kappa shape index (κ1) is 18.1. The van der Waals surface area contributed by atoms with E-state index in [-0.39, 0.29) is 11.7 Å². The second kappa shape index (κ2) is 7.65. The number of aromatic nitrogens is 4. The summed E-state index contributed by atoms with van der Waals surface area (Å²) in [4.78, 5) is 12.4. The van der Waals surface area contributed by atoms with Crippen molar-refractivity contribution in [3.05, 3.63) is 59.4 Å². The number of nitrogens with one attached hydrogen (secondary N) is 1. The molecular weight excluding hydrogens is 353 g/mol. The van der Waals surface area contributed by atoms with E-state index in [2.05, 4.69) is 20.8 Å². The van der Waals surface area contributed by atoms with Crippen LogP contribution in [0.4, 0.5) is 10.1 Å². The highest BCUT2D eigenvalue weighted by Crippen LogP contribution is 2.26. The lowest BCUT2D eigenvalue weighted by atomic mass is 10.1. The SMILES string of the molecule is Cc1cccc(-n2nnnc2SC(C)C(=O)Nc2ccc(F)cc2)c1C. The van der Waals surface area contributed by atoms with Crippen molar-refractivity contribution in [2.45, 2.75) is 31.2 Å². The van der Waals surface area contributed by atoms with Crippen LogP contribution in [0, 0.1) is 19.7 Å². The van der Waals surface area contributed by atoms with Crippen LogP contribution in [-0.2, 0) is 4.79 Å². The van der Waals surface area contributed by atoms with E-state index in [1.807, 2.05) is 32.0 Å². The van der Waals surface area contributed by atoms with Gasteiger partial charge < -0.3 is 5.32 Å². The predicted molar refractivity (Wildman–Crippen MR) is 99.0 cm³/mol. The molecule has 2 aromatic carbocycles. The third-order valence-electron chi connectivity index (χ3n) is 4.01. The number of rotatable bonds is 5. The normalized spacial score (nSPS) is 12.0. The molecule has 1 heterocycles.